The summed E-state index contributed by atoms with van der Waals surface area (Å²) >= 11 is 0. The van der Waals surface area contributed by atoms with Gasteiger partial charge in [-0.25, -0.2) is 4.79 Å². The van der Waals surface area contributed by atoms with Crippen LogP contribution in [0.1, 0.15) is 27.0 Å². The monoisotopic (exact) mass is 299 g/mol. The van der Waals surface area contributed by atoms with E-state index in [9.17, 15) is 17.7 Å². The first-order valence-corrected chi connectivity index (χ1v) is 5.30. The largest absolute Gasteiger partial charge is 1.00 e. The molecule has 19 heavy (non-hydrogen) atoms. The molecule has 0 unspecified atom stereocenters. The molecule has 0 bridgehead atoms. The number of rotatable bonds is 2. The first kappa shape index (κ1) is 19.0. The number of nitrogens with two attached hydrogens (primary N) is 1. The van der Waals surface area contributed by atoms with Crippen LogP contribution in [0.15, 0.2) is 0 Å². The van der Waals surface area contributed by atoms with E-state index in [1.165, 1.54) is 20.8 Å². The molecule has 0 saturated heterocycles. The zero-order valence-corrected chi connectivity index (χ0v) is 14.7. The zero-order chi connectivity index (χ0) is 14.2. The van der Waals surface area contributed by atoms with Gasteiger partial charge in [-0.3, -0.25) is 0 Å². The van der Waals surface area contributed by atoms with Gasteiger partial charge in [-0.1, -0.05) is 16.6 Å². The molecule has 0 aromatic heterocycles. The second-order valence-corrected chi connectivity index (χ2v) is 4.14. The van der Waals surface area contributed by atoms with Gasteiger partial charge in [0.2, 0.25) is 0 Å². The molecule has 0 radical (unpaired) electrons. The van der Waals surface area contributed by atoms with E-state index in [-0.39, 0.29) is 73.8 Å². The molecule has 0 aliphatic heterocycles. The normalized spacial score (nSPS) is 10.9. The Balaban J connectivity index is 0.00000324. The van der Waals surface area contributed by atoms with Crippen molar-refractivity contribution in [3.8, 4) is 0 Å². The van der Waals surface area contributed by atoms with Crippen molar-refractivity contribution in [2.24, 2.45) is 0 Å². The molecule has 100 valence electrons. The first-order chi connectivity index (χ1) is 8.12. The van der Waals surface area contributed by atoms with Crippen LogP contribution in [0.2, 0.25) is 0 Å². The summed E-state index contributed by atoms with van der Waals surface area (Å²) in [6, 6.07) is 0. The van der Waals surface area contributed by atoms with Gasteiger partial charge in [-0.15, -0.1) is 0 Å². The molecule has 0 spiro atoms. The van der Waals surface area contributed by atoms with Gasteiger partial charge >= 0.3 is 64.3 Å². The van der Waals surface area contributed by atoms with Crippen LogP contribution < -0.4 is 62.6 Å². The number of ether oxygens (including phenoxy) is 1. The molecule has 0 heterocycles. The molecule has 0 amide bonds. The minimum absolute atomic E-state index is 0. The number of nitrogen functional groups attached to an aromatic ring is 1. The smallest absolute Gasteiger partial charge is 0.465 e. The molecule has 0 aliphatic rings. The molecule has 0 fully saturated rings. The van der Waals surface area contributed by atoms with E-state index in [1.807, 2.05) is 0 Å². The Morgan fingerprint density at radius 2 is 1.58 bits per heavy atom. The van der Waals surface area contributed by atoms with Crippen LogP contribution in [0.25, 0.3) is 0 Å². The van der Waals surface area contributed by atoms with Gasteiger partial charge < -0.3 is 23.4 Å². The molecule has 0 aliphatic carbocycles. The second-order valence-electron chi connectivity index (χ2n) is 4.14. The van der Waals surface area contributed by atoms with Crippen molar-refractivity contribution in [1.29, 1.82) is 0 Å². The van der Waals surface area contributed by atoms with Crippen molar-refractivity contribution in [2.45, 2.75) is 20.8 Å². The van der Waals surface area contributed by atoms with E-state index < -0.39 is 18.4 Å². The molecule has 1 rings (SSSR count). The van der Waals surface area contributed by atoms with Gasteiger partial charge in [0.25, 0.3) is 0 Å². The van der Waals surface area contributed by atoms with Crippen LogP contribution in [-0.4, -0.2) is 20.1 Å². The SMILES string of the molecule is COC(=O)c1c(C)c(N)c(C)c([B-](F)(F)F)c1C.[K+]. The van der Waals surface area contributed by atoms with Gasteiger partial charge in [-0.2, -0.15) is 0 Å². The van der Waals surface area contributed by atoms with Crippen molar-refractivity contribution in [2.75, 3.05) is 12.8 Å². The quantitative estimate of drug-likeness (QED) is 0.435. The predicted octanol–water partition coefficient (Wildman–Crippen LogP) is -0.961. The Labute approximate surface area is 152 Å². The number of halogens is 3. The average molecular weight is 299 g/mol. The second kappa shape index (κ2) is 6.62. The molecule has 0 atom stereocenters. The van der Waals surface area contributed by atoms with Gasteiger partial charge in [0, 0.05) is 5.69 Å². The summed E-state index contributed by atoms with van der Waals surface area (Å²) in [4.78, 5) is 11.6. The molecule has 1 aromatic carbocycles. The minimum Gasteiger partial charge on any atom is -0.465 e. The van der Waals surface area contributed by atoms with Crippen molar-refractivity contribution < 1.29 is 73.9 Å². The first-order valence-electron chi connectivity index (χ1n) is 5.30. The Hall–Kier alpha value is -0.0187. The molecule has 0 saturated carbocycles. The van der Waals surface area contributed by atoms with Gasteiger partial charge in [-0.05, 0) is 26.3 Å². The van der Waals surface area contributed by atoms with Crippen molar-refractivity contribution in [3.05, 3.63) is 22.3 Å². The third-order valence-corrected chi connectivity index (χ3v) is 3.08. The number of esters is 1. The van der Waals surface area contributed by atoms with E-state index in [0.29, 0.717) is 5.56 Å². The summed E-state index contributed by atoms with van der Waals surface area (Å²) in [6.07, 6.45) is 0. The Kier molecular flexibility index (Phi) is 6.62. The summed E-state index contributed by atoms with van der Waals surface area (Å²) in [5, 5.41) is 0. The van der Waals surface area contributed by atoms with Crippen molar-refractivity contribution >= 4 is 24.1 Å². The average Bonchev–Trinajstić information content (AvgIpc) is 2.24. The fraction of sp³-hybridized carbons (Fsp3) is 0.364. The number of hydrogen-bond acceptors (Lipinski definition) is 3. The van der Waals surface area contributed by atoms with Gasteiger partial charge in [0.15, 0.2) is 0 Å². The molecule has 8 heteroatoms. The Bertz CT molecular complexity index is 518. The zero-order valence-electron chi connectivity index (χ0n) is 11.6. The van der Waals surface area contributed by atoms with Crippen LogP contribution in [0, 0.1) is 20.8 Å². The van der Waals surface area contributed by atoms with Crippen LogP contribution in [0.3, 0.4) is 0 Å². The fourth-order valence-corrected chi connectivity index (χ4v) is 2.16. The number of carbonyl (C=O) groups excluding carboxylic acids is 1. The van der Waals surface area contributed by atoms with Crippen LogP contribution in [0.5, 0.6) is 0 Å². The Morgan fingerprint density at radius 1 is 1.11 bits per heavy atom. The predicted molar refractivity (Wildman–Crippen MR) is 65.1 cm³/mol. The molecule has 1 aromatic rings. The number of methoxy groups -OCH3 is 1. The molecular formula is C11H14BF3KNO2. The van der Waals surface area contributed by atoms with E-state index >= 15 is 0 Å². The fourth-order valence-electron chi connectivity index (χ4n) is 2.16. The van der Waals surface area contributed by atoms with Crippen molar-refractivity contribution in [3.63, 3.8) is 0 Å². The number of carbonyl (C=O) groups is 1. The molecule has 2 N–H and O–H groups in total. The van der Waals surface area contributed by atoms with E-state index in [0.717, 1.165) is 7.11 Å². The van der Waals surface area contributed by atoms with Crippen molar-refractivity contribution in [1.82, 2.24) is 0 Å². The number of anilines is 1. The third kappa shape index (κ3) is 3.55. The standard InChI is InChI=1S/C11H14BF3NO2.K/c1-5-8(11(17)18-4)6(2)10(16)7(3)9(5)12(13,14)15;/h16H2,1-4H3;/q-1;+1. The number of benzene rings is 1. The summed E-state index contributed by atoms with van der Waals surface area (Å²) in [6.45, 7) is -1.16. The summed E-state index contributed by atoms with van der Waals surface area (Å²) < 4.78 is 43.6. The van der Waals surface area contributed by atoms with E-state index in [1.54, 1.807) is 0 Å². The number of hydrogen-bond donors (Lipinski definition) is 1. The maximum absolute atomic E-state index is 13.0. The summed E-state index contributed by atoms with van der Waals surface area (Å²) in [5.41, 5.74) is 4.87. The molecule has 3 nitrogen and oxygen atoms in total. The minimum atomic E-state index is -5.23. The van der Waals surface area contributed by atoms with Crippen LogP contribution in [0.4, 0.5) is 18.6 Å². The Morgan fingerprint density at radius 3 is 1.95 bits per heavy atom. The van der Waals surface area contributed by atoms with Gasteiger partial charge in [0.05, 0.1) is 12.7 Å². The topological polar surface area (TPSA) is 52.3 Å². The maximum Gasteiger partial charge on any atom is 1.00 e. The van der Waals surface area contributed by atoms with Gasteiger partial charge in [0.1, 0.15) is 0 Å². The molecular weight excluding hydrogens is 285 g/mol. The summed E-state index contributed by atoms with van der Waals surface area (Å²) in [5.74, 6) is -0.807. The summed E-state index contributed by atoms with van der Waals surface area (Å²) in [7, 11) is 1.12. The van der Waals surface area contributed by atoms with Crippen LogP contribution in [-0.2, 0) is 4.74 Å². The maximum atomic E-state index is 13.0. The van der Waals surface area contributed by atoms with E-state index in [2.05, 4.69) is 4.74 Å². The third-order valence-electron chi connectivity index (χ3n) is 3.08. The van der Waals surface area contributed by atoms with E-state index in [4.69, 9.17) is 5.73 Å². The van der Waals surface area contributed by atoms with Crippen LogP contribution >= 0.6 is 0 Å².